The minimum absolute atomic E-state index is 0.299. The highest BCUT2D eigenvalue weighted by Gasteiger charge is 2.21. The van der Waals surface area contributed by atoms with E-state index >= 15 is 0 Å². The van der Waals surface area contributed by atoms with Gasteiger partial charge >= 0.3 is 0 Å². The molecular weight excluding hydrogens is 414 g/mol. The fraction of sp³-hybridized carbons (Fsp3) is 0.348. The van der Waals surface area contributed by atoms with E-state index < -0.39 is 0 Å². The van der Waals surface area contributed by atoms with Crippen LogP contribution in [0.1, 0.15) is 31.2 Å². The van der Waals surface area contributed by atoms with Crippen LogP contribution in [0.15, 0.2) is 47.3 Å². The summed E-state index contributed by atoms with van der Waals surface area (Å²) in [6.07, 6.45) is 4.70. The van der Waals surface area contributed by atoms with E-state index in [4.69, 9.17) is 21.4 Å². The van der Waals surface area contributed by atoms with Crippen LogP contribution < -0.4 is 15.2 Å². The topological polar surface area (TPSA) is 64.7 Å². The van der Waals surface area contributed by atoms with Crippen LogP contribution >= 0.6 is 11.6 Å². The molecule has 1 saturated heterocycles. The van der Waals surface area contributed by atoms with E-state index in [0.717, 1.165) is 48.7 Å². The second-order valence-corrected chi connectivity index (χ2v) is 8.36. The fourth-order valence-electron chi connectivity index (χ4n) is 4.28. The van der Waals surface area contributed by atoms with Crippen molar-refractivity contribution in [2.24, 2.45) is 0 Å². The molecule has 2 aromatic carbocycles. The van der Waals surface area contributed by atoms with Gasteiger partial charge in [0, 0.05) is 18.1 Å². The molecule has 0 aliphatic carbocycles. The molecule has 1 aliphatic rings. The Bertz CT molecular complexity index is 1300. The van der Waals surface area contributed by atoms with Gasteiger partial charge < -0.3 is 9.64 Å². The second kappa shape index (κ2) is 8.23. The zero-order valence-electron chi connectivity index (χ0n) is 17.4. The summed E-state index contributed by atoms with van der Waals surface area (Å²) in [5, 5.41) is 5.97. The first kappa shape index (κ1) is 19.9. The number of aromatic nitrogens is 4. The van der Waals surface area contributed by atoms with Crippen LogP contribution in [0.4, 0.5) is 5.95 Å². The van der Waals surface area contributed by atoms with Crippen molar-refractivity contribution in [3.05, 3.63) is 63.4 Å². The lowest BCUT2D eigenvalue weighted by molar-refractivity contribution is 0.414. The Morgan fingerprint density at radius 2 is 1.87 bits per heavy atom. The number of ether oxygens (including phenoxy) is 1. The van der Waals surface area contributed by atoms with E-state index in [1.807, 2.05) is 39.4 Å². The minimum atomic E-state index is -0.299. The molecule has 160 valence electrons. The van der Waals surface area contributed by atoms with Crippen molar-refractivity contribution >= 4 is 34.2 Å². The molecule has 31 heavy (non-hydrogen) atoms. The van der Waals surface area contributed by atoms with E-state index in [-0.39, 0.29) is 5.56 Å². The largest absolute Gasteiger partial charge is 0.497 e. The highest BCUT2D eigenvalue weighted by molar-refractivity contribution is 6.31. The summed E-state index contributed by atoms with van der Waals surface area (Å²) in [7, 11) is 1.65. The Kier molecular flexibility index (Phi) is 5.28. The van der Waals surface area contributed by atoms with Crippen molar-refractivity contribution in [3.63, 3.8) is 0 Å². The van der Waals surface area contributed by atoms with Crippen molar-refractivity contribution in [2.45, 2.75) is 32.2 Å². The number of hydrogen-bond donors (Lipinski definition) is 0. The van der Waals surface area contributed by atoms with Gasteiger partial charge in [-0.2, -0.15) is 4.98 Å². The predicted octanol–water partition coefficient (Wildman–Crippen LogP) is 4.13. The molecule has 7 nitrogen and oxygen atoms in total. The quantitative estimate of drug-likeness (QED) is 0.480. The predicted molar refractivity (Wildman–Crippen MR) is 123 cm³/mol. The molecule has 8 heteroatoms. The molecule has 0 saturated carbocycles. The molecule has 0 radical (unpaired) electrons. The monoisotopic (exact) mass is 437 g/mol. The lowest BCUT2D eigenvalue weighted by Crippen LogP contribution is -2.26. The first-order valence-corrected chi connectivity index (χ1v) is 11.0. The summed E-state index contributed by atoms with van der Waals surface area (Å²) in [6, 6.07) is 13.2. The van der Waals surface area contributed by atoms with Crippen LogP contribution in [-0.2, 0) is 6.54 Å². The number of nitrogens with zero attached hydrogens (tertiary/aromatic N) is 5. The summed E-state index contributed by atoms with van der Waals surface area (Å²) in [4.78, 5) is 19.6. The standard InChI is InChI=1S/C23H24ClN5O2/c1-31-18-8-6-7-16(13-18)15-28-22-25-21(30)19-14-17(24)9-10-20(19)29(22)23(26-28)27-11-4-2-3-5-12-27/h6-10,13-14H,2-5,11-12,15H2,1H3. The first-order valence-electron chi connectivity index (χ1n) is 10.6. The SMILES string of the molecule is COc1cccc(Cn2nc(N3CCCCCC3)n3c4ccc(Cl)cc4c(=O)nc23)c1. The fourth-order valence-corrected chi connectivity index (χ4v) is 4.45. The van der Waals surface area contributed by atoms with Gasteiger partial charge in [0.25, 0.3) is 5.56 Å². The van der Waals surface area contributed by atoms with E-state index in [1.54, 1.807) is 19.2 Å². The maximum atomic E-state index is 12.8. The van der Waals surface area contributed by atoms with Gasteiger partial charge in [-0.05, 0) is 48.7 Å². The highest BCUT2D eigenvalue weighted by atomic mass is 35.5. The molecule has 0 amide bonds. The normalized spacial score (nSPS) is 14.8. The van der Waals surface area contributed by atoms with Gasteiger partial charge in [-0.25, -0.2) is 9.08 Å². The zero-order valence-corrected chi connectivity index (χ0v) is 18.2. The van der Waals surface area contributed by atoms with Crippen LogP contribution in [-0.4, -0.2) is 39.4 Å². The van der Waals surface area contributed by atoms with Crippen molar-refractivity contribution in [2.75, 3.05) is 25.1 Å². The number of hydrogen-bond acceptors (Lipinski definition) is 5. The Labute approximate surface area is 184 Å². The number of rotatable bonds is 4. The summed E-state index contributed by atoms with van der Waals surface area (Å²) < 4.78 is 9.17. The second-order valence-electron chi connectivity index (χ2n) is 7.92. The average Bonchev–Trinajstić information content (AvgIpc) is 2.95. The third kappa shape index (κ3) is 3.74. The number of methoxy groups -OCH3 is 1. The van der Waals surface area contributed by atoms with Gasteiger partial charge in [-0.15, -0.1) is 5.10 Å². The van der Waals surface area contributed by atoms with E-state index in [1.165, 1.54) is 12.8 Å². The molecule has 1 aliphatic heterocycles. The first-order chi connectivity index (χ1) is 15.1. The van der Waals surface area contributed by atoms with Gasteiger partial charge in [0.15, 0.2) is 0 Å². The number of anilines is 1. The molecule has 0 atom stereocenters. The van der Waals surface area contributed by atoms with Crippen LogP contribution in [0, 0.1) is 0 Å². The summed E-state index contributed by atoms with van der Waals surface area (Å²) >= 11 is 6.17. The van der Waals surface area contributed by atoms with E-state index in [2.05, 4.69) is 9.88 Å². The van der Waals surface area contributed by atoms with Crippen LogP contribution in [0.5, 0.6) is 5.75 Å². The van der Waals surface area contributed by atoms with Crippen LogP contribution in [0.25, 0.3) is 16.7 Å². The lowest BCUT2D eigenvalue weighted by atomic mass is 10.2. The van der Waals surface area contributed by atoms with Gasteiger partial charge in [0.2, 0.25) is 11.7 Å². The van der Waals surface area contributed by atoms with E-state index in [9.17, 15) is 4.79 Å². The molecule has 0 unspecified atom stereocenters. The van der Waals surface area contributed by atoms with Gasteiger partial charge in [0.05, 0.1) is 24.6 Å². The summed E-state index contributed by atoms with van der Waals surface area (Å²) in [5.74, 6) is 2.13. The summed E-state index contributed by atoms with van der Waals surface area (Å²) in [6.45, 7) is 2.36. The van der Waals surface area contributed by atoms with Crippen LogP contribution in [0.2, 0.25) is 5.02 Å². The molecular formula is C23H24ClN5O2. The van der Waals surface area contributed by atoms with Crippen LogP contribution in [0.3, 0.4) is 0 Å². The Balaban J connectivity index is 1.73. The number of halogens is 1. The Morgan fingerprint density at radius 3 is 2.65 bits per heavy atom. The Morgan fingerprint density at radius 1 is 1.06 bits per heavy atom. The third-order valence-electron chi connectivity index (χ3n) is 5.83. The van der Waals surface area contributed by atoms with Gasteiger partial charge in [0.1, 0.15) is 5.75 Å². The van der Waals surface area contributed by atoms with E-state index in [0.29, 0.717) is 22.7 Å². The van der Waals surface area contributed by atoms with Crippen molar-refractivity contribution < 1.29 is 4.74 Å². The lowest BCUT2D eigenvalue weighted by Gasteiger charge is -2.20. The maximum Gasteiger partial charge on any atom is 0.282 e. The molecule has 0 bridgehead atoms. The zero-order chi connectivity index (χ0) is 21.4. The smallest absolute Gasteiger partial charge is 0.282 e. The molecule has 0 spiro atoms. The molecule has 3 heterocycles. The molecule has 2 aromatic heterocycles. The maximum absolute atomic E-state index is 12.8. The van der Waals surface area contributed by atoms with Gasteiger partial charge in [-0.3, -0.25) is 4.79 Å². The molecule has 5 rings (SSSR count). The van der Waals surface area contributed by atoms with Crippen molar-refractivity contribution in [1.82, 2.24) is 19.2 Å². The molecule has 1 fully saturated rings. The third-order valence-corrected chi connectivity index (χ3v) is 6.06. The Hall–Kier alpha value is -3.06. The minimum Gasteiger partial charge on any atom is -0.497 e. The number of benzene rings is 2. The van der Waals surface area contributed by atoms with Gasteiger partial charge in [-0.1, -0.05) is 36.6 Å². The molecule has 4 aromatic rings. The number of fused-ring (bicyclic) bond motifs is 3. The molecule has 0 N–H and O–H groups in total. The van der Waals surface area contributed by atoms with Crippen molar-refractivity contribution in [3.8, 4) is 5.75 Å². The summed E-state index contributed by atoms with van der Waals surface area (Å²) in [5.41, 5.74) is 1.50. The average molecular weight is 438 g/mol. The van der Waals surface area contributed by atoms with Crippen molar-refractivity contribution in [1.29, 1.82) is 0 Å². The highest BCUT2D eigenvalue weighted by Crippen LogP contribution is 2.25.